The normalized spacial score (nSPS) is 24.5. The van der Waals surface area contributed by atoms with E-state index in [4.69, 9.17) is 0 Å². The first-order valence-corrected chi connectivity index (χ1v) is 11.6. The molecule has 8 nitrogen and oxygen atoms in total. The first-order chi connectivity index (χ1) is 16.8. The molecule has 0 aromatic heterocycles. The Morgan fingerprint density at radius 1 is 0.571 bits per heavy atom. The number of anilines is 2. The van der Waals surface area contributed by atoms with Crippen LogP contribution in [0.25, 0.3) is 0 Å². The molecule has 3 aliphatic rings. The molecule has 0 N–H and O–H groups in total. The average Bonchev–Trinajstić information content (AvgIpc) is 3.17. The zero-order chi connectivity index (χ0) is 24.7. The number of carbonyl (C=O) groups excluding carboxylic acids is 4. The van der Waals surface area contributed by atoms with Crippen molar-refractivity contribution in [2.75, 3.05) is 36.0 Å². The molecule has 2 unspecified atom stereocenters. The van der Waals surface area contributed by atoms with Crippen molar-refractivity contribution in [3.05, 3.63) is 60.2 Å². The first kappa shape index (κ1) is 23.3. The maximum atomic E-state index is 13.3. The third-order valence-electron chi connectivity index (χ3n) is 6.86. The van der Waals surface area contributed by atoms with Crippen molar-refractivity contribution in [3.63, 3.8) is 0 Å². The highest BCUT2D eigenvalue weighted by atomic mass is 19.1. The van der Waals surface area contributed by atoms with Crippen LogP contribution in [0.1, 0.15) is 19.3 Å². The lowest BCUT2D eigenvalue weighted by Gasteiger charge is -2.27. The van der Waals surface area contributed by atoms with E-state index >= 15 is 0 Å². The van der Waals surface area contributed by atoms with Crippen LogP contribution < -0.4 is 9.80 Å². The Morgan fingerprint density at radius 2 is 0.943 bits per heavy atom. The van der Waals surface area contributed by atoms with Gasteiger partial charge in [0.1, 0.15) is 11.6 Å². The lowest BCUT2D eigenvalue weighted by atomic mass is 10.2. The van der Waals surface area contributed by atoms with E-state index in [0.29, 0.717) is 44.0 Å². The summed E-state index contributed by atoms with van der Waals surface area (Å²) >= 11 is 0. The molecular formula is C25H24F2N4O4. The molecule has 10 heteroatoms. The summed E-state index contributed by atoms with van der Waals surface area (Å²) in [6, 6.07) is 9.24. The van der Waals surface area contributed by atoms with E-state index in [1.54, 1.807) is 0 Å². The van der Waals surface area contributed by atoms with Gasteiger partial charge in [0.15, 0.2) is 0 Å². The number of hydrogen-bond acceptors (Lipinski definition) is 6. The number of carbonyl (C=O) groups is 4. The van der Waals surface area contributed by atoms with Crippen LogP contribution in [0.15, 0.2) is 48.5 Å². The number of halogens is 2. The van der Waals surface area contributed by atoms with Crippen LogP contribution in [0.2, 0.25) is 0 Å². The summed E-state index contributed by atoms with van der Waals surface area (Å²) in [4.78, 5) is 57.5. The van der Waals surface area contributed by atoms with Crippen molar-refractivity contribution in [1.82, 2.24) is 9.80 Å². The van der Waals surface area contributed by atoms with Gasteiger partial charge in [-0.05, 0) is 55.0 Å². The Balaban J connectivity index is 1.26. The smallest absolute Gasteiger partial charge is 0.251 e. The summed E-state index contributed by atoms with van der Waals surface area (Å²) < 4.78 is 26.5. The minimum atomic E-state index is -0.621. The molecule has 3 saturated heterocycles. The molecule has 0 saturated carbocycles. The number of rotatable bonds is 4. The fraction of sp³-hybridized carbons (Fsp3) is 0.360. The maximum Gasteiger partial charge on any atom is 0.251 e. The monoisotopic (exact) mass is 482 g/mol. The van der Waals surface area contributed by atoms with Crippen molar-refractivity contribution in [2.45, 2.75) is 31.3 Å². The summed E-state index contributed by atoms with van der Waals surface area (Å²) in [6.07, 6.45) is 0.730. The van der Waals surface area contributed by atoms with Gasteiger partial charge in [-0.25, -0.2) is 18.6 Å². The number of benzene rings is 2. The van der Waals surface area contributed by atoms with E-state index in [2.05, 4.69) is 0 Å². The summed E-state index contributed by atoms with van der Waals surface area (Å²) in [5, 5.41) is 0. The minimum Gasteiger partial charge on any atom is -0.290 e. The maximum absolute atomic E-state index is 13.3. The average molecular weight is 482 g/mol. The molecule has 2 aromatic rings. The first-order valence-electron chi connectivity index (χ1n) is 11.6. The Hall–Kier alpha value is -3.50. The van der Waals surface area contributed by atoms with E-state index in [1.165, 1.54) is 48.5 Å². The molecule has 3 aliphatic heterocycles. The summed E-state index contributed by atoms with van der Waals surface area (Å²) in [7, 11) is 0. The molecule has 4 amide bonds. The Kier molecular flexibility index (Phi) is 6.16. The number of imide groups is 2. The molecule has 5 rings (SSSR count). The Bertz CT molecular complexity index is 1080. The highest BCUT2D eigenvalue weighted by Crippen LogP contribution is 2.29. The van der Waals surface area contributed by atoms with Crippen LogP contribution in [0, 0.1) is 11.6 Å². The predicted molar refractivity (Wildman–Crippen MR) is 122 cm³/mol. The zero-order valence-corrected chi connectivity index (χ0v) is 18.9. The lowest BCUT2D eigenvalue weighted by molar-refractivity contribution is -0.124. The predicted octanol–water partition coefficient (Wildman–Crippen LogP) is 1.94. The molecule has 0 bridgehead atoms. The van der Waals surface area contributed by atoms with Crippen molar-refractivity contribution in [2.24, 2.45) is 0 Å². The molecule has 0 spiro atoms. The summed E-state index contributed by atoms with van der Waals surface area (Å²) in [5.74, 6) is -2.25. The highest BCUT2D eigenvalue weighted by molar-refractivity contribution is 6.23. The number of hydrogen-bond donors (Lipinski definition) is 0. The molecular weight excluding hydrogens is 458 g/mol. The van der Waals surface area contributed by atoms with Crippen LogP contribution in [-0.4, -0.2) is 71.7 Å². The quantitative estimate of drug-likeness (QED) is 0.620. The second-order valence-electron chi connectivity index (χ2n) is 8.95. The van der Waals surface area contributed by atoms with Crippen LogP contribution in [0.4, 0.5) is 20.2 Å². The fourth-order valence-corrected chi connectivity index (χ4v) is 5.11. The van der Waals surface area contributed by atoms with E-state index < -0.39 is 23.7 Å². The van der Waals surface area contributed by atoms with Gasteiger partial charge in [0.25, 0.3) is 11.8 Å². The second-order valence-corrected chi connectivity index (χ2v) is 8.95. The number of amides is 4. The second kappa shape index (κ2) is 9.27. The van der Waals surface area contributed by atoms with Crippen LogP contribution in [-0.2, 0) is 19.2 Å². The third-order valence-corrected chi connectivity index (χ3v) is 6.86. The van der Waals surface area contributed by atoms with Gasteiger partial charge in [0.05, 0.1) is 36.3 Å². The van der Waals surface area contributed by atoms with E-state index in [9.17, 15) is 28.0 Å². The van der Waals surface area contributed by atoms with Gasteiger partial charge in [0.2, 0.25) is 11.8 Å². The molecule has 2 aromatic carbocycles. The molecule has 35 heavy (non-hydrogen) atoms. The van der Waals surface area contributed by atoms with Gasteiger partial charge in [-0.2, -0.15) is 0 Å². The van der Waals surface area contributed by atoms with Crippen molar-refractivity contribution >= 4 is 35.0 Å². The van der Waals surface area contributed by atoms with E-state index in [0.717, 1.165) is 9.80 Å². The SMILES string of the molecule is O=C1CC(N2CCCN(C3CC(=O)N(c4ccc(F)cc4)C3=O)CC2)C(=O)N1c1ccc(F)cc1. The van der Waals surface area contributed by atoms with Crippen molar-refractivity contribution in [1.29, 1.82) is 0 Å². The van der Waals surface area contributed by atoms with Crippen LogP contribution >= 0.6 is 0 Å². The van der Waals surface area contributed by atoms with Gasteiger partial charge in [-0.3, -0.25) is 29.0 Å². The van der Waals surface area contributed by atoms with Crippen LogP contribution in [0.5, 0.6) is 0 Å². The molecule has 2 atom stereocenters. The minimum absolute atomic E-state index is 0.0371. The fourth-order valence-electron chi connectivity index (χ4n) is 5.11. The Morgan fingerprint density at radius 3 is 1.31 bits per heavy atom. The molecule has 182 valence electrons. The standard InChI is InChI=1S/C25H24F2N4O4/c26-16-2-6-18(7-3-16)30-22(32)14-20(24(30)34)28-10-1-11-29(13-12-28)21-15-23(33)31(25(21)35)19-8-4-17(27)5-9-19/h2-9,20-21H,1,10-15H2. The van der Waals surface area contributed by atoms with Gasteiger partial charge in [-0.15, -0.1) is 0 Å². The van der Waals surface area contributed by atoms with Gasteiger partial charge >= 0.3 is 0 Å². The highest BCUT2D eigenvalue weighted by Gasteiger charge is 2.45. The van der Waals surface area contributed by atoms with Gasteiger partial charge in [0, 0.05) is 26.2 Å². The lowest BCUT2D eigenvalue weighted by Crippen LogP contribution is -2.46. The third kappa shape index (κ3) is 4.35. The largest absolute Gasteiger partial charge is 0.290 e. The zero-order valence-electron chi connectivity index (χ0n) is 18.9. The van der Waals surface area contributed by atoms with Crippen LogP contribution in [0.3, 0.4) is 0 Å². The van der Waals surface area contributed by atoms with Crippen molar-refractivity contribution in [3.8, 4) is 0 Å². The number of nitrogens with zero attached hydrogens (tertiary/aromatic N) is 4. The van der Waals surface area contributed by atoms with Crippen molar-refractivity contribution < 1.29 is 28.0 Å². The molecule has 0 aliphatic carbocycles. The summed E-state index contributed by atoms with van der Waals surface area (Å²) in [6.45, 7) is 2.03. The van der Waals surface area contributed by atoms with E-state index in [1.807, 2.05) is 9.80 Å². The van der Waals surface area contributed by atoms with Gasteiger partial charge in [-0.1, -0.05) is 0 Å². The topological polar surface area (TPSA) is 81.2 Å². The molecule has 3 fully saturated rings. The van der Waals surface area contributed by atoms with Gasteiger partial charge < -0.3 is 0 Å². The Labute approximate surface area is 200 Å². The molecule has 3 heterocycles. The summed E-state index contributed by atoms with van der Waals surface area (Å²) in [5.41, 5.74) is 0.688. The van der Waals surface area contributed by atoms with E-state index in [-0.39, 0.29) is 36.5 Å². The molecule has 0 radical (unpaired) electrons.